The zero-order valence-corrected chi connectivity index (χ0v) is 15.2. The average Bonchev–Trinajstić information content (AvgIpc) is 2.37. The number of rotatable bonds is 2. The van der Waals surface area contributed by atoms with E-state index in [9.17, 15) is 0 Å². The Hall–Kier alpha value is -1.13. The molecular weight excluding hydrogens is 350 g/mol. The van der Waals surface area contributed by atoms with Gasteiger partial charge in [0.05, 0.1) is 5.69 Å². The minimum absolute atomic E-state index is 0.155. The van der Waals surface area contributed by atoms with E-state index in [-0.39, 0.29) is 5.41 Å². The fourth-order valence-corrected chi connectivity index (χ4v) is 2.32. The Morgan fingerprint density at radius 2 is 1.81 bits per heavy atom. The second kappa shape index (κ2) is 5.93. The van der Waals surface area contributed by atoms with Crippen molar-refractivity contribution in [1.82, 2.24) is 9.97 Å². The average molecular weight is 369 g/mol. The molecule has 21 heavy (non-hydrogen) atoms. The number of hydrogen-bond acceptors (Lipinski definition) is 3. The molecule has 0 atom stereocenters. The molecule has 5 heteroatoms. The highest BCUT2D eigenvalue weighted by Gasteiger charge is 2.21. The molecule has 1 aromatic carbocycles. The van der Waals surface area contributed by atoms with Crippen LogP contribution in [-0.4, -0.2) is 9.97 Å². The van der Waals surface area contributed by atoms with Crippen LogP contribution in [0.4, 0.5) is 11.5 Å². The molecule has 3 nitrogen and oxygen atoms in total. The fraction of sp³-hybridized carbons (Fsp3) is 0.375. The minimum Gasteiger partial charge on any atom is -0.339 e. The Morgan fingerprint density at radius 1 is 1.14 bits per heavy atom. The van der Waals surface area contributed by atoms with E-state index in [1.807, 2.05) is 13.0 Å². The van der Waals surface area contributed by atoms with Gasteiger partial charge < -0.3 is 5.32 Å². The van der Waals surface area contributed by atoms with Gasteiger partial charge in [-0.1, -0.05) is 38.4 Å². The van der Waals surface area contributed by atoms with Gasteiger partial charge in [0, 0.05) is 15.5 Å². The van der Waals surface area contributed by atoms with Crippen molar-refractivity contribution in [3.8, 4) is 0 Å². The maximum Gasteiger partial charge on any atom is 0.138 e. The summed E-state index contributed by atoms with van der Waals surface area (Å²) in [5, 5.41) is 3.84. The molecular formula is C16H19BrClN3. The van der Waals surface area contributed by atoms with Crippen molar-refractivity contribution in [3.63, 3.8) is 0 Å². The second-order valence-corrected chi connectivity index (χ2v) is 7.38. The van der Waals surface area contributed by atoms with Crippen LogP contribution >= 0.6 is 27.5 Å². The number of anilines is 2. The Kier molecular flexibility index (Phi) is 4.59. The first kappa shape index (κ1) is 16.2. The molecule has 0 aliphatic carbocycles. The van der Waals surface area contributed by atoms with Gasteiger partial charge in [0.2, 0.25) is 0 Å². The van der Waals surface area contributed by atoms with E-state index < -0.39 is 0 Å². The number of aryl methyl sites for hydroxylation is 1. The van der Waals surface area contributed by atoms with E-state index in [0.29, 0.717) is 5.15 Å². The number of halogens is 2. The van der Waals surface area contributed by atoms with Crippen molar-refractivity contribution in [2.75, 3.05) is 5.32 Å². The lowest BCUT2D eigenvalue weighted by Gasteiger charge is -2.20. The summed E-state index contributed by atoms with van der Waals surface area (Å²) in [6, 6.07) is 6.13. The number of aromatic nitrogens is 2. The smallest absolute Gasteiger partial charge is 0.138 e. The lowest BCUT2D eigenvalue weighted by atomic mass is 9.95. The van der Waals surface area contributed by atoms with E-state index in [1.54, 1.807) is 0 Å². The molecule has 2 aromatic rings. The summed E-state index contributed by atoms with van der Waals surface area (Å²) >= 11 is 9.81. The highest BCUT2D eigenvalue weighted by Crippen LogP contribution is 2.31. The molecule has 0 saturated heterocycles. The third kappa shape index (κ3) is 3.74. The third-order valence-electron chi connectivity index (χ3n) is 3.13. The number of nitrogens with zero attached hydrogens (tertiary/aromatic N) is 2. The lowest BCUT2D eigenvalue weighted by molar-refractivity contribution is 0.545. The number of hydrogen-bond donors (Lipinski definition) is 1. The summed E-state index contributed by atoms with van der Waals surface area (Å²) in [4.78, 5) is 9.03. The first-order chi connectivity index (χ1) is 9.68. The maximum absolute atomic E-state index is 6.26. The van der Waals surface area contributed by atoms with Gasteiger partial charge in [0.25, 0.3) is 0 Å². The summed E-state index contributed by atoms with van der Waals surface area (Å²) < 4.78 is 0.986. The molecule has 0 aliphatic rings. The van der Waals surface area contributed by atoms with Crippen molar-refractivity contribution >= 4 is 39.0 Å². The van der Waals surface area contributed by atoms with Crippen molar-refractivity contribution in [1.29, 1.82) is 0 Å². The Labute approximate surface area is 139 Å². The van der Waals surface area contributed by atoms with Gasteiger partial charge in [-0.15, -0.1) is 0 Å². The Morgan fingerprint density at radius 3 is 2.43 bits per heavy atom. The molecule has 2 rings (SSSR count). The van der Waals surface area contributed by atoms with Gasteiger partial charge >= 0.3 is 0 Å². The van der Waals surface area contributed by atoms with Gasteiger partial charge in [-0.2, -0.15) is 0 Å². The van der Waals surface area contributed by atoms with Crippen LogP contribution in [0.3, 0.4) is 0 Å². The predicted molar refractivity (Wildman–Crippen MR) is 92.6 cm³/mol. The quantitative estimate of drug-likeness (QED) is 0.706. The summed E-state index contributed by atoms with van der Waals surface area (Å²) in [5.41, 5.74) is 2.83. The molecule has 1 heterocycles. The topological polar surface area (TPSA) is 37.8 Å². The van der Waals surface area contributed by atoms with Gasteiger partial charge in [-0.25, -0.2) is 9.97 Å². The molecule has 0 aliphatic heterocycles. The van der Waals surface area contributed by atoms with E-state index in [0.717, 1.165) is 27.4 Å². The fourth-order valence-electron chi connectivity index (χ4n) is 1.81. The van der Waals surface area contributed by atoms with Crippen molar-refractivity contribution in [3.05, 3.63) is 44.8 Å². The molecule has 1 aromatic heterocycles. The molecule has 0 unspecified atom stereocenters. The third-order valence-corrected chi connectivity index (χ3v) is 4.19. The monoisotopic (exact) mass is 367 g/mol. The normalized spacial score (nSPS) is 11.6. The summed E-state index contributed by atoms with van der Waals surface area (Å²) in [6.45, 7) is 10.2. The largest absolute Gasteiger partial charge is 0.339 e. The van der Waals surface area contributed by atoms with Crippen molar-refractivity contribution in [2.24, 2.45) is 0 Å². The van der Waals surface area contributed by atoms with Crippen molar-refractivity contribution in [2.45, 2.75) is 40.0 Å². The van der Waals surface area contributed by atoms with Crippen LogP contribution in [0.15, 0.2) is 22.7 Å². The highest BCUT2D eigenvalue weighted by atomic mass is 79.9. The van der Waals surface area contributed by atoms with E-state index >= 15 is 0 Å². The van der Waals surface area contributed by atoms with E-state index in [1.165, 1.54) is 5.56 Å². The van der Waals surface area contributed by atoms with Gasteiger partial charge in [0.1, 0.15) is 16.8 Å². The zero-order chi connectivity index (χ0) is 15.8. The molecule has 1 N–H and O–H groups in total. The second-order valence-electron chi connectivity index (χ2n) is 6.17. The first-order valence-corrected chi connectivity index (χ1v) is 7.93. The van der Waals surface area contributed by atoms with Gasteiger partial charge in [0.15, 0.2) is 0 Å². The van der Waals surface area contributed by atoms with Crippen LogP contribution in [0.2, 0.25) is 5.15 Å². The molecule has 0 fully saturated rings. The summed E-state index contributed by atoms with van der Waals surface area (Å²) in [5.74, 6) is 1.47. The van der Waals surface area contributed by atoms with Crippen LogP contribution in [-0.2, 0) is 5.41 Å². The van der Waals surface area contributed by atoms with Crippen LogP contribution < -0.4 is 5.32 Å². The Balaban J connectivity index is 2.49. The van der Waals surface area contributed by atoms with Crippen LogP contribution in [0.5, 0.6) is 0 Å². The molecule has 0 saturated carbocycles. The summed E-state index contributed by atoms with van der Waals surface area (Å²) in [7, 11) is 0. The van der Waals surface area contributed by atoms with Gasteiger partial charge in [-0.3, -0.25) is 0 Å². The van der Waals surface area contributed by atoms with Crippen LogP contribution in [0, 0.1) is 13.8 Å². The van der Waals surface area contributed by atoms with E-state index in [4.69, 9.17) is 11.6 Å². The number of benzene rings is 1. The molecule has 112 valence electrons. The molecule has 0 radical (unpaired) electrons. The van der Waals surface area contributed by atoms with Crippen LogP contribution in [0.1, 0.15) is 37.7 Å². The number of nitrogens with one attached hydrogen (secondary N) is 1. The standard InChI is InChI=1S/C16H19BrClN3/c1-9-6-7-11(17)12(8-9)19-14-10(2)13(18)20-15(21-14)16(3,4)5/h6-8H,1-5H3,(H,19,20,21). The SMILES string of the molecule is Cc1ccc(Br)c(Nc2nc(C(C)(C)C)nc(Cl)c2C)c1. The molecule has 0 bridgehead atoms. The van der Waals surface area contributed by atoms with Crippen molar-refractivity contribution < 1.29 is 0 Å². The lowest BCUT2D eigenvalue weighted by Crippen LogP contribution is -2.17. The van der Waals surface area contributed by atoms with Crippen LogP contribution in [0.25, 0.3) is 0 Å². The van der Waals surface area contributed by atoms with E-state index in [2.05, 4.69) is 71.0 Å². The predicted octanol–water partition coefficient (Wildman–Crippen LogP) is 5.55. The Bertz CT molecular complexity index is 678. The molecule has 0 amide bonds. The highest BCUT2D eigenvalue weighted by molar-refractivity contribution is 9.10. The van der Waals surface area contributed by atoms with Gasteiger partial charge in [-0.05, 0) is 47.5 Å². The zero-order valence-electron chi connectivity index (χ0n) is 12.9. The minimum atomic E-state index is -0.155. The molecule has 0 spiro atoms. The first-order valence-electron chi connectivity index (χ1n) is 6.76. The summed E-state index contributed by atoms with van der Waals surface area (Å²) in [6.07, 6.45) is 0. The maximum atomic E-state index is 6.26.